The third-order valence-electron chi connectivity index (χ3n) is 4.08. The Bertz CT molecular complexity index is 920. The normalized spacial score (nSPS) is 13.6. The van der Waals surface area contributed by atoms with Gasteiger partial charge in [0.05, 0.1) is 22.8 Å². The van der Waals surface area contributed by atoms with Gasteiger partial charge in [-0.3, -0.25) is 14.2 Å². The lowest BCUT2D eigenvalue weighted by atomic mass is 10.00. The van der Waals surface area contributed by atoms with Crippen LogP contribution in [0.1, 0.15) is 25.3 Å². The van der Waals surface area contributed by atoms with Crippen LogP contribution in [0, 0.1) is 0 Å². The zero-order chi connectivity index (χ0) is 17.2. The minimum Gasteiger partial charge on any atom is -0.343 e. The molecule has 0 unspecified atom stereocenters. The zero-order valence-electron chi connectivity index (χ0n) is 13.5. The van der Waals surface area contributed by atoms with Crippen LogP contribution >= 0.6 is 11.3 Å². The predicted molar refractivity (Wildman–Crippen MR) is 93.9 cm³/mol. The van der Waals surface area contributed by atoms with Gasteiger partial charge >= 0.3 is 0 Å². The molecule has 0 saturated heterocycles. The molecule has 0 fully saturated rings. The van der Waals surface area contributed by atoms with Gasteiger partial charge in [0.1, 0.15) is 11.6 Å². The Kier molecular flexibility index (Phi) is 4.44. The van der Waals surface area contributed by atoms with Crippen molar-refractivity contribution >= 4 is 28.3 Å². The molecule has 2 heterocycles. The number of benzene rings is 1. The molecule has 1 aromatic carbocycles. The molecule has 2 aromatic heterocycles. The number of fused-ring (bicyclic) bond motifs is 1. The number of hydrogen-bond donors (Lipinski definition) is 1. The monoisotopic (exact) mass is 342 g/mol. The fraction of sp³-hybridized carbons (Fsp3) is 0.294. The van der Waals surface area contributed by atoms with E-state index < -0.39 is 5.54 Å². The number of rotatable bonds is 5. The Hall–Kier alpha value is -2.54. The number of carbonyl (C=O) groups is 1. The molecule has 0 radical (unpaired) electrons. The van der Waals surface area contributed by atoms with Crippen LogP contribution in [0.15, 0.2) is 46.8 Å². The molecular weight excluding hydrogens is 324 g/mol. The van der Waals surface area contributed by atoms with Crippen LogP contribution < -0.4 is 10.9 Å². The quantitative estimate of drug-likeness (QED) is 0.772. The standard InChI is InChI=1S/C17H18N4O2S/c1-3-17(2,16-18-8-9-24-16)20-14(22)11-21-13-7-5-4-6-12(13)19-10-15(21)23/h4-10H,3,11H2,1-2H3,(H,20,22)/t17-/m0/s1. The van der Waals surface area contributed by atoms with E-state index in [4.69, 9.17) is 0 Å². The lowest BCUT2D eigenvalue weighted by Crippen LogP contribution is -2.45. The Morgan fingerprint density at radius 2 is 2.12 bits per heavy atom. The van der Waals surface area contributed by atoms with Gasteiger partial charge in [0, 0.05) is 11.6 Å². The van der Waals surface area contributed by atoms with Gasteiger partial charge in [0.25, 0.3) is 5.56 Å². The summed E-state index contributed by atoms with van der Waals surface area (Å²) >= 11 is 1.50. The van der Waals surface area contributed by atoms with Gasteiger partial charge in [0.15, 0.2) is 0 Å². The Balaban J connectivity index is 1.88. The van der Waals surface area contributed by atoms with E-state index in [0.29, 0.717) is 17.5 Å². The molecule has 1 N–H and O–H groups in total. The molecule has 7 heteroatoms. The number of nitrogens with one attached hydrogen (secondary N) is 1. The smallest absolute Gasteiger partial charge is 0.269 e. The number of thiazole rings is 1. The summed E-state index contributed by atoms with van der Waals surface area (Å²) in [5.74, 6) is -0.229. The molecule has 6 nitrogen and oxygen atoms in total. The minimum atomic E-state index is -0.544. The van der Waals surface area contributed by atoms with Crippen LogP contribution in [0.25, 0.3) is 11.0 Å². The van der Waals surface area contributed by atoms with Gasteiger partial charge in [-0.25, -0.2) is 9.97 Å². The van der Waals surface area contributed by atoms with Gasteiger partial charge < -0.3 is 5.32 Å². The van der Waals surface area contributed by atoms with E-state index in [2.05, 4.69) is 15.3 Å². The van der Waals surface area contributed by atoms with Crippen molar-refractivity contribution in [2.45, 2.75) is 32.4 Å². The average molecular weight is 342 g/mol. The second-order valence-corrected chi connectivity index (χ2v) is 6.64. The molecule has 0 aliphatic carbocycles. The molecular formula is C17H18N4O2S. The Morgan fingerprint density at radius 3 is 2.83 bits per heavy atom. The number of hydrogen-bond acceptors (Lipinski definition) is 5. The van der Waals surface area contributed by atoms with Crippen LogP contribution in [-0.4, -0.2) is 20.4 Å². The molecule has 3 rings (SSSR count). The second kappa shape index (κ2) is 6.52. The maximum absolute atomic E-state index is 12.6. The van der Waals surface area contributed by atoms with E-state index in [1.165, 1.54) is 22.1 Å². The highest BCUT2D eigenvalue weighted by Gasteiger charge is 2.29. The summed E-state index contributed by atoms with van der Waals surface area (Å²) in [5, 5.41) is 5.75. The first-order valence-corrected chi connectivity index (χ1v) is 8.57. The number of para-hydroxylation sites is 2. The summed E-state index contributed by atoms with van der Waals surface area (Å²) in [5.41, 5.74) is 0.490. The van der Waals surface area contributed by atoms with E-state index >= 15 is 0 Å². The van der Waals surface area contributed by atoms with Crippen LogP contribution in [0.2, 0.25) is 0 Å². The molecule has 1 amide bonds. The van der Waals surface area contributed by atoms with Crippen molar-refractivity contribution in [3.05, 3.63) is 57.4 Å². The van der Waals surface area contributed by atoms with Crippen LogP contribution in [0.4, 0.5) is 0 Å². The third-order valence-corrected chi connectivity index (χ3v) is 5.12. The number of aromatic nitrogens is 3. The first kappa shape index (κ1) is 16.3. The lowest BCUT2D eigenvalue weighted by molar-refractivity contribution is -0.123. The molecule has 124 valence electrons. The summed E-state index contributed by atoms with van der Waals surface area (Å²) in [4.78, 5) is 33.1. The average Bonchev–Trinajstić information content (AvgIpc) is 3.12. The van der Waals surface area contributed by atoms with Gasteiger partial charge in [-0.05, 0) is 25.5 Å². The summed E-state index contributed by atoms with van der Waals surface area (Å²) in [6.45, 7) is 3.88. The molecule has 0 saturated carbocycles. The molecule has 1 atom stereocenters. The van der Waals surface area contributed by atoms with E-state index in [1.807, 2.05) is 37.4 Å². The maximum atomic E-state index is 12.6. The van der Waals surface area contributed by atoms with Crippen molar-refractivity contribution in [2.75, 3.05) is 0 Å². The van der Waals surface area contributed by atoms with Gasteiger partial charge in [-0.15, -0.1) is 11.3 Å². The fourth-order valence-electron chi connectivity index (χ4n) is 2.56. The highest BCUT2D eigenvalue weighted by Crippen LogP contribution is 2.26. The first-order valence-electron chi connectivity index (χ1n) is 7.69. The number of amides is 1. The van der Waals surface area contributed by atoms with Crippen molar-refractivity contribution in [3.8, 4) is 0 Å². The molecule has 0 spiro atoms. The first-order chi connectivity index (χ1) is 11.5. The van der Waals surface area contributed by atoms with Gasteiger partial charge in [-0.2, -0.15) is 0 Å². The summed E-state index contributed by atoms with van der Waals surface area (Å²) in [6, 6.07) is 7.27. The summed E-state index contributed by atoms with van der Waals surface area (Å²) in [7, 11) is 0. The van der Waals surface area contributed by atoms with Gasteiger partial charge in [0.2, 0.25) is 5.91 Å². The van der Waals surface area contributed by atoms with Crippen molar-refractivity contribution in [1.82, 2.24) is 19.9 Å². The Labute approximate surface area is 143 Å². The summed E-state index contributed by atoms with van der Waals surface area (Å²) < 4.78 is 1.44. The highest BCUT2D eigenvalue weighted by molar-refractivity contribution is 7.09. The SMILES string of the molecule is CC[C@](C)(NC(=O)Cn1c(=O)cnc2ccccc21)c1nccs1. The lowest BCUT2D eigenvalue weighted by Gasteiger charge is -2.27. The molecule has 0 aliphatic rings. The van der Waals surface area contributed by atoms with Crippen molar-refractivity contribution in [1.29, 1.82) is 0 Å². The molecule has 0 aliphatic heterocycles. The summed E-state index contributed by atoms with van der Waals surface area (Å²) in [6.07, 6.45) is 3.68. The second-order valence-electron chi connectivity index (χ2n) is 5.74. The fourth-order valence-corrected chi connectivity index (χ4v) is 3.39. The van der Waals surface area contributed by atoms with Crippen molar-refractivity contribution < 1.29 is 4.79 Å². The number of nitrogens with zero attached hydrogens (tertiary/aromatic N) is 3. The molecule has 3 aromatic rings. The third kappa shape index (κ3) is 3.07. The minimum absolute atomic E-state index is 0.0527. The van der Waals surface area contributed by atoms with E-state index in [1.54, 1.807) is 12.3 Å². The van der Waals surface area contributed by atoms with Crippen molar-refractivity contribution in [2.24, 2.45) is 0 Å². The van der Waals surface area contributed by atoms with Gasteiger partial charge in [-0.1, -0.05) is 19.1 Å². The zero-order valence-corrected chi connectivity index (χ0v) is 14.3. The topological polar surface area (TPSA) is 76.9 Å². The van der Waals surface area contributed by atoms with Crippen LogP contribution in [0.5, 0.6) is 0 Å². The van der Waals surface area contributed by atoms with Crippen LogP contribution in [0.3, 0.4) is 0 Å². The Morgan fingerprint density at radius 1 is 1.33 bits per heavy atom. The molecule has 0 bridgehead atoms. The number of carbonyl (C=O) groups excluding carboxylic acids is 1. The predicted octanol–water partition coefficient (Wildman–Crippen LogP) is 2.29. The van der Waals surface area contributed by atoms with E-state index in [0.717, 1.165) is 5.01 Å². The molecule has 24 heavy (non-hydrogen) atoms. The van der Waals surface area contributed by atoms with E-state index in [9.17, 15) is 9.59 Å². The maximum Gasteiger partial charge on any atom is 0.269 e. The van der Waals surface area contributed by atoms with E-state index in [-0.39, 0.29) is 18.0 Å². The highest BCUT2D eigenvalue weighted by atomic mass is 32.1. The largest absolute Gasteiger partial charge is 0.343 e. The van der Waals surface area contributed by atoms with Crippen molar-refractivity contribution in [3.63, 3.8) is 0 Å². The van der Waals surface area contributed by atoms with Crippen LogP contribution in [-0.2, 0) is 16.9 Å².